The van der Waals surface area contributed by atoms with Gasteiger partial charge in [-0.25, -0.2) is 0 Å². The van der Waals surface area contributed by atoms with Gasteiger partial charge in [-0.3, -0.25) is 4.79 Å². The Bertz CT molecular complexity index is 230. The van der Waals surface area contributed by atoms with Crippen molar-refractivity contribution in [3.05, 3.63) is 0 Å². The van der Waals surface area contributed by atoms with E-state index in [1.807, 2.05) is 0 Å². The van der Waals surface area contributed by atoms with Crippen LogP contribution in [-0.4, -0.2) is 23.2 Å². The molecule has 2 aliphatic carbocycles. The molecule has 0 bridgehead atoms. The lowest BCUT2D eigenvalue weighted by Crippen LogP contribution is -2.40. The molecule has 0 aromatic rings. The number of rotatable bonds is 5. The molecular weight excluding hydrogens is 202 g/mol. The molecule has 92 valence electrons. The third-order valence-corrected chi connectivity index (χ3v) is 3.89. The second-order valence-electron chi connectivity index (χ2n) is 5.40. The first kappa shape index (κ1) is 11.9. The normalized spacial score (nSPS) is 25.0. The molecule has 0 radical (unpaired) electrons. The van der Waals surface area contributed by atoms with Gasteiger partial charge in [-0.2, -0.15) is 0 Å². The minimum atomic E-state index is -0.655. The molecule has 0 saturated heterocycles. The summed E-state index contributed by atoms with van der Waals surface area (Å²) in [6.07, 6.45) is 10.5. The van der Waals surface area contributed by atoms with Crippen molar-refractivity contribution in [2.24, 2.45) is 5.92 Å². The summed E-state index contributed by atoms with van der Waals surface area (Å²) in [6, 6.07) is 0.813. The molecule has 0 amide bonds. The molecule has 2 N–H and O–H groups in total. The molecule has 0 aromatic heterocycles. The fourth-order valence-corrected chi connectivity index (χ4v) is 2.80. The van der Waals surface area contributed by atoms with E-state index in [1.54, 1.807) is 0 Å². The predicted molar refractivity (Wildman–Crippen MR) is 63.4 cm³/mol. The molecule has 1 atom stereocenters. The van der Waals surface area contributed by atoms with E-state index in [2.05, 4.69) is 5.32 Å². The Labute approximate surface area is 97.6 Å². The van der Waals surface area contributed by atoms with Crippen LogP contribution in [0.25, 0.3) is 0 Å². The summed E-state index contributed by atoms with van der Waals surface area (Å²) in [6.45, 7) is 0. The number of carbonyl (C=O) groups is 1. The number of hydrogen-bond acceptors (Lipinski definition) is 2. The maximum absolute atomic E-state index is 10.8. The Balaban J connectivity index is 1.81. The summed E-state index contributed by atoms with van der Waals surface area (Å²) in [7, 11) is 0. The van der Waals surface area contributed by atoms with E-state index in [9.17, 15) is 4.79 Å². The van der Waals surface area contributed by atoms with Crippen LogP contribution in [0.4, 0.5) is 0 Å². The van der Waals surface area contributed by atoms with Gasteiger partial charge in [-0.1, -0.05) is 25.7 Å². The first-order valence-corrected chi connectivity index (χ1v) is 6.73. The number of carboxylic acids is 1. The van der Waals surface area contributed by atoms with E-state index < -0.39 is 5.97 Å². The second kappa shape index (κ2) is 5.67. The fraction of sp³-hybridized carbons (Fsp3) is 0.923. The van der Waals surface area contributed by atoms with Gasteiger partial charge in [0, 0.05) is 12.1 Å². The summed E-state index contributed by atoms with van der Waals surface area (Å²) in [5, 5.41) is 12.5. The minimum Gasteiger partial charge on any atom is -0.481 e. The van der Waals surface area contributed by atoms with Crippen LogP contribution < -0.4 is 5.32 Å². The van der Waals surface area contributed by atoms with E-state index >= 15 is 0 Å². The van der Waals surface area contributed by atoms with Crippen LogP contribution in [0.5, 0.6) is 0 Å². The Morgan fingerprint density at radius 3 is 2.25 bits per heavy atom. The molecule has 1 unspecified atom stereocenters. The Hall–Kier alpha value is -0.570. The molecule has 16 heavy (non-hydrogen) atoms. The van der Waals surface area contributed by atoms with Crippen LogP contribution in [0.2, 0.25) is 0 Å². The maximum atomic E-state index is 10.8. The van der Waals surface area contributed by atoms with Crippen LogP contribution in [0.3, 0.4) is 0 Å². The number of hydrogen-bond donors (Lipinski definition) is 2. The van der Waals surface area contributed by atoms with Crippen LogP contribution in [0.15, 0.2) is 0 Å². The summed E-state index contributed by atoms with van der Waals surface area (Å²) in [4.78, 5) is 10.8. The van der Waals surface area contributed by atoms with Gasteiger partial charge in [-0.15, -0.1) is 0 Å². The lowest BCUT2D eigenvalue weighted by atomic mass is 10.0. The average Bonchev–Trinajstić information content (AvgIpc) is 3.04. The Morgan fingerprint density at radius 1 is 1.12 bits per heavy atom. The van der Waals surface area contributed by atoms with Gasteiger partial charge in [0.1, 0.15) is 0 Å². The van der Waals surface area contributed by atoms with Gasteiger partial charge in [0.05, 0.1) is 6.42 Å². The highest BCUT2D eigenvalue weighted by Crippen LogP contribution is 2.35. The minimum absolute atomic E-state index is 0.237. The Kier molecular flexibility index (Phi) is 4.22. The van der Waals surface area contributed by atoms with Gasteiger partial charge in [0.15, 0.2) is 0 Å². The quantitative estimate of drug-likeness (QED) is 0.707. The van der Waals surface area contributed by atoms with Crippen LogP contribution in [0.1, 0.15) is 57.8 Å². The van der Waals surface area contributed by atoms with Crippen LogP contribution in [-0.2, 0) is 4.79 Å². The molecule has 3 heteroatoms. The van der Waals surface area contributed by atoms with E-state index in [4.69, 9.17) is 5.11 Å². The van der Waals surface area contributed by atoms with E-state index in [-0.39, 0.29) is 6.04 Å². The average molecular weight is 225 g/mol. The van der Waals surface area contributed by atoms with Gasteiger partial charge in [0.25, 0.3) is 0 Å². The van der Waals surface area contributed by atoms with E-state index in [1.165, 1.54) is 51.4 Å². The van der Waals surface area contributed by atoms with Crippen molar-refractivity contribution in [2.75, 3.05) is 0 Å². The third kappa shape index (κ3) is 3.78. The smallest absolute Gasteiger partial charge is 0.304 e. The zero-order valence-electron chi connectivity index (χ0n) is 9.95. The molecular formula is C13H23NO2. The molecule has 2 fully saturated rings. The van der Waals surface area contributed by atoms with Crippen molar-refractivity contribution < 1.29 is 9.90 Å². The molecule has 3 nitrogen and oxygen atoms in total. The van der Waals surface area contributed by atoms with Crippen molar-refractivity contribution in [1.82, 2.24) is 5.32 Å². The highest BCUT2D eigenvalue weighted by molar-refractivity contribution is 5.67. The first-order chi connectivity index (χ1) is 7.75. The highest BCUT2D eigenvalue weighted by atomic mass is 16.4. The maximum Gasteiger partial charge on any atom is 0.304 e. The molecule has 2 rings (SSSR count). The zero-order valence-corrected chi connectivity index (χ0v) is 9.95. The van der Waals surface area contributed by atoms with E-state index in [0.717, 1.165) is 0 Å². The largest absolute Gasteiger partial charge is 0.481 e. The monoisotopic (exact) mass is 225 g/mol. The van der Waals surface area contributed by atoms with Crippen LogP contribution >= 0.6 is 0 Å². The summed E-state index contributed by atoms with van der Waals surface area (Å²) in [5.74, 6) is -0.0163. The predicted octanol–water partition coefficient (Wildman–Crippen LogP) is 2.55. The Morgan fingerprint density at radius 2 is 1.75 bits per heavy atom. The van der Waals surface area contributed by atoms with Crippen molar-refractivity contribution in [1.29, 1.82) is 0 Å². The fourth-order valence-electron chi connectivity index (χ4n) is 2.80. The standard InChI is InChI=1S/C13H23NO2/c15-13(16)9-12(10-7-8-10)14-11-5-3-1-2-4-6-11/h10-12,14H,1-9H2,(H,15,16). The number of aliphatic carboxylic acids is 1. The zero-order chi connectivity index (χ0) is 11.4. The van der Waals surface area contributed by atoms with Crippen LogP contribution in [0, 0.1) is 5.92 Å². The summed E-state index contributed by atoms with van der Waals surface area (Å²) < 4.78 is 0. The summed E-state index contributed by atoms with van der Waals surface area (Å²) >= 11 is 0. The van der Waals surface area contributed by atoms with Gasteiger partial charge < -0.3 is 10.4 Å². The first-order valence-electron chi connectivity index (χ1n) is 6.73. The molecule has 0 heterocycles. The lowest BCUT2D eigenvalue weighted by molar-refractivity contribution is -0.137. The van der Waals surface area contributed by atoms with Crippen molar-refractivity contribution in [3.8, 4) is 0 Å². The molecule has 0 spiro atoms. The van der Waals surface area contributed by atoms with Gasteiger partial charge in [0.2, 0.25) is 0 Å². The third-order valence-electron chi connectivity index (χ3n) is 3.89. The van der Waals surface area contributed by atoms with Crippen molar-refractivity contribution in [2.45, 2.75) is 69.9 Å². The molecule has 2 saturated carbocycles. The van der Waals surface area contributed by atoms with Crippen molar-refractivity contribution >= 4 is 5.97 Å². The SMILES string of the molecule is O=C(O)CC(NC1CCCCCC1)C1CC1. The topological polar surface area (TPSA) is 49.3 Å². The highest BCUT2D eigenvalue weighted by Gasteiger charge is 2.33. The van der Waals surface area contributed by atoms with Gasteiger partial charge in [-0.05, 0) is 31.6 Å². The van der Waals surface area contributed by atoms with E-state index in [0.29, 0.717) is 18.4 Å². The lowest BCUT2D eigenvalue weighted by Gasteiger charge is -2.23. The number of nitrogens with one attached hydrogen (secondary N) is 1. The van der Waals surface area contributed by atoms with Crippen molar-refractivity contribution in [3.63, 3.8) is 0 Å². The number of carboxylic acid groups (broad SMARTS) is 1. The second-order valence-corrected chi connectivity index (χ2v) is 5.40. The molecule has 0 aromatic carbocycles. The molecule has 2 aliphatic rings. The summed E-state index contributed by atoms with van der Waals surface area (Å²) in [5.41, 5.74) is 0. The molecule has 0 aliphatic heterocycles. The van der Waals surface area contributed by atoms with Gasteiger partial charge >= 0.3 is 5.97 Å².